The number of cyclic esters (lactones) is 1. The van der Waals surface area contributed by atoms with Crippen LogP contribution < -0.4 is 4.74 Å². The Morgan fingerprint density at radius 1 is 1.25 bits per heavy atom. The van der Waals surface area contributed by atoms with E-state index in [0.717, 1.165) is 0 Å². The van der Waals surface area contributed by atoms with Gasteiger partial charge in [0.25, 0.3) is 0 Å². The molecule has 0 radical (unpaired) electrons. The van der Waals surface area contributed by atoms with E-state index in [1.807, 2.05) is 12.1 Å². The van der Waals surface area contributed by atoms with E-state index in [1.54, 1.807) is 19.1 Å². The average Bonchev–Trinajstić information content (AvgIpc) is 2.37. The minimum atomic E-state index is -2.07. The zero-order valence-corrected chi connectivity index (χ0v) is 11.9. The Labute approximate surface area is 118 Å². The SMILES string of the molecule is CCC(O)(O)Oc1ccc(C(C)C)cc1.O=C1C=CO1. The summed E-state index contributed by atoms with van der Waals surface area (Å²) in [4.78, 5) is 9.59. The van der Waals surface area contributed by atoms with Gasteiger partial charge in [-0.1, -0.05) is 32.9 Å². The number of aliphatic hydroxyl groups is 2. The van der Waals surface area contributed by atoms with E-state index in [4.69, 9.17) is 4.74 Å². The van der Waals surface area contributed by atoms with Crippen molar-refractivity contribution < 1.29 is 24.5 Å². The maximum Gasteiger partial charge on any atom is 0.338 e. The molecule has 0 unspecified atom stereocenters. The maximum absolute atomic E-state index is 9.59. The van der Waals surface area contributed by atoms with E-state index in [1.165, 1.54) is 17.9 Å². The van der Waals surface area contributed by atoms with E-state index in [0.29, 0.717) is 11.7 Å². The molecule has 0 saturated carbocycles. The van der Waals surface area contributed by atoms with E-state index < -0.39 is 5.97 Å². The summed E-state index contributed by atoms with van der Waals surface area (Å²) in [6.07, 6.45) is 2.83. The monoisotopic (exact) mass is 280 g/mol. The van der Waals surface area contributed by atoms with Gasteiger partial charge in [-0.2, -0.15) is 0 Å². The van der Waals surface area contributed by atoms with Gasteiger partial charge in [0.15, 0.2) is 0 Å². The highest BCUT2D eigenvalue weighted by atomic mass is 16.8. The Balaban J connectivity index is 0.000000333. The summed E-state index contributed by atoms with van der Waals surface area (Å²) in [6.45, 7) is 5.84. The lowest BCUT2D eigenvalue weighted by Gasteiger charge is -2.21. The standard InChI is InChI=1S/C12H18O3.C3H2O2/c1-4-12(13,14)15-11-7-5-10(6-8-11)9(2)3;4-3-1-2-5-3/h5-9,13-14H,4H2,1-3H3;1-2H. The molecule has 0 aliphatic carbocycles. The number of esters is 1. The number of benzene rings is 1. The Kier molecular flexibility index (Phi) is 5.73. The van der Waals surface area contributed by atoms with Crippen LogP contribution in [0.25, 0.3) is 0 Å². The van der Waals surface area contributed by atoms with Gasteiger partial charge >= 0.3 is 11.9 Å². The highest BCUT2D eigenvalue weighted by molar-refractivity contribution is 5.86. The molecule has 5 heteroatoms. The van der Waals surface area contributed by atoms with Crippen molar-refractivity contribution in [1.82, 2.24) is 0 Å². The molecule has 1 aromatic carbocycles. The second-order valence-corrected chi connectivity index (χ2v) is 4.66. The summed E-state index contributed by atoms with van der Waals surface area (Å²) in [5, 5.41) is 18.6. The van der Waals surface area contributed by atoms with Gasteiger partial charge in [-0.15, -0.1) is 0 Å². The number of hydrogen-bond donors (Lipinski definition) is 2. The zero-order chi connectivity index (χ0) is 15.2. The molecule has 110 valence electrons. The molecule has 1 aliphatic rings. The largest absolute Gasteiger partial charge is 0.439 e. The normalized spacial score (nSPS) is 13.2. The van der Waals surface area contributed by atoms with Crippen molar-refractivity contribution in [3.8, 4) is 5.75 Å². The molecule has 0 saturated heterocycles. The summed E-state index contributed by atoms with van der Waals surface area (Å²) >= 11 is 0. The van der Waals surface area contributed by atoms with Gasteiger partial charge < -0.3 is 19.7 Å². The van der Waals surface area contributed by atoms with Crippen LogP contribution in [0.15, 0.2) is 36.6 Å². The number of hydrogen-bond acceptors (Lipinski definition) is 5. The smallest absolute Gasteiger partial charge is 0.338 e. The lowest BCUT2D eigenvalue weighted by molar-refractivity contribution is -0.292. The Hall–Kier alpha value is -1.85. The Morgan fingerprint density at radius 3 is 2.05 bits per heavy atom. The minimum Gasteiger partial charge on any atom is -0.439 e. The number of carbonyl (C=O) groups excluding carboxylic acids is 1. The van der Waals surface area contributed by atoms with Crippen LogP contribution in [0.4, 0.5) is 0 Å². The number of carbonyl (C=O) groups is 1. The molecule has 5 nitrogen and oxygen atoms in total. The zero-order valence-electron chi connectivity index (χ0n) is 11.9. The molecular formula is C15H20O5. The van der Waals surface area contributed by atoms with Gasteiger partial charge in [-0.3, -0.25) is 0 Å². The van der Waals surface area contributed by atoms with Crippen molar-refractivity contribution >= 4 is 5.97 Å². The molecule has 0 amide bonds. The summed E-state index contributed by atoms with van der Waals surface area (Å²) in [5.41, 5.74) is 1.19. The first-order valence-corrected chi connectivity index (χ1v) is 6.45. The van der Waals surface area contributed by atoms with Crippen molar-refractivity contribution in [2.24, 2.45) is 0 Å². The number of rotatable bonds is 4. The fourth-order valence-electron chi connectivity index (χ4n) is 1.31. The van der Waals surface area contributed by atoms with Gasteiger partial charge in [0.2, 0.25) is 0 Å². The molecule has 0 spiro atoms. The van der Waals surface area contributed by atoms with Gasteiger partial charge in [-0.25, -0.2) is 4.79 Å². The van der Waals surface area contributed by atoms with Crippen LogP contribution in [0.5, 0.6) is 5.75 Å². The molecule has 0 atom stereocenters. The van der Waals surface area contributed by atoms with E-state index >= 15 is 0 Å². The van der Waals surface area contributed by atoms with Crippen LogP contribution in [0.3, 0.4) is 0 Å². The third-order valence-electron chi connectivity index (χ3n) is 2.68. The van der Waals surface area contributed by atoms with Crippen molar-refractivity contribution in [2.75, 3.05) is 0 Å². The first kappa shape index (κ1) is 16.2. The van der Waals surface area contributed by atoms with Crippen LogP contribution in [0, 0.1) is 0 Å². The van der Waals surface area contributed by atoms with E-state index in [9.17, 15) is 15.0 Å². The van der Waals surface area contributed by atoms with Crippen molar-refractivity contribution in [1.29, 1.82) is 0 Å². The molecule has 20 heavy (non-hydrogen) atoms. The molecule has 0 bridgehead atoms. The molecule has 2 N–H and O–H groups in total. The van der Waals surface area contributed by atoms with Crippen LogP contribution in [0.2, 0.25) is 0 Å². The van der Waals surface area contributed by atoms with E-state index in [-0.39, 0.29) is 12.4 Å². The molecule has 0 aromatic heterocycles. The Morgan fingerprint density at radius 2 is 1.75 bits per heavy atom. The van der Waals surface area contributed by atoms with Crippen LogP contribution in [0.1, 0.15) is 38.7 Å². The predicted molar refractivity (Wildman–Crippen MR) is 73.9 cm³/mol. The molecule has 1 aromatic rings. The molecule has 0 fully saturated rings. The van der Waals surface area contributed by atoms with Gasteiger partial charge in [0, 0.05) is 6.42 Å². The molecule has 1 heterocycles. The third kappa shape index (κ3) is 5.42. The lowest BCUT2D eigenvalue weighted by Crippen LogP contribution is -2.34. The molecule has 1 aliphatic heterocycles. The fraction of sp³-hybridized carbons (Fsp3) is 0.400. The summed E-state index contributed by atoms with van der Waals surface area (Å²) in [6, 6.07) is 7.33. The van der Waals surface area contributed by atoms with Crippen molar-refractivity contribution in [3.63, 3.8) is 0 Å². The van der Waals surface area contributed by atoms with Gasteiger partial charge in [0.1, 0.15) is 12.0 Å². The highest BCUT2D eigenvalue weighted by Crippen LogP contribution is 2.21. The van der Waals surface area contributed by atoms with Crippen LogP contribution >= 0.6 is 0 Å². The topological polar surface area (TPSA) is 76.0 Å². The van der Waals surface area contributed by atoms with Gasteiger partial charge in [0.05, 0.1) is 6.08 Å². The van der Waals surface area contributed by atoms with Crippen LogP contribution in [-0.2, 0) is 9.53 Å². The minimum absolute atomic E-state index is 0.124. The first-order valence-electron chi connectivity index (χ1n) is 6.45. The summed E-state index contributed by atoms with van der Waals surface area (Å²) in [5.74, 6) is -1.39. The van der Waals surface area contributed by atoms with Crippen molar-refractivity contribution in [3.05, 3.63) is 42.2 Å². The summed E-state index contributed by atoms with van der Waals surface area (Å²) in [7, 11) is 0. The average molecular weight is 280 g/mol. The number of ether oxygens (including phenoxy) is 2. The first-order chi connectivity index (χ1) is 9.34. The van der Waals surface area contributed by atoms with E-state index in [2.05, 4.69) is 18.6 Å². The highest BCUT2D eigenvalue weighted by Gasteiger charge is 2.22. The quantitative estimate of drug-likeness (QED) is 0.653. The van der Waals surface area contributed by atoms with Crippen molar-refractivity contribution in [2.45, 2.75) is 39.1 Å². The lowest BCUT2D eigenvalue weighted by atomic mass is 10.0. The summed E-state index contributed by atoms with van der Waals surface area (Å²) < 4.78 is 9.11. The third-order valence-corrected chi connectivity index (χ3v) is 2.68. The second kappa shape index (κ2) is 7.07. The predicted octanol–water partition coefficient (Wildman–Crippen LogP) is 2.29. The molecule has 2 rings (SSSR count). The maximum atomic E-state index is 9.59. The molecular weight excluding hydrogens is 260 g/mol. The van der Waals surface area contributed by atoms with Crippen LogP contribution in [-0.4, -0.2) is 22.2 Å². The second-order valence-electron chi connectivity index (χ2n) is 4.66. The fourth-order valence-corrected chi connectivity index (χ4v) is 1.31. The Bertz CT molecular complexity index is 460. The van der Waals surface area contributed by atoms with Gasteiger partial charge in [-0.05, 0) is 23.6 Å².